The summed E-state index contributed by atoms with van der Waals surface area (Å²) in [7, 11) is 0. The lowest BCUT2D eigenvalue weighted by molar-refractivity contribution is 0.616. The summed E-state index contributed by atoms with van der Waals surface area (Å²) in [6, 6.07) is 0. The van der Waals surface area contributed by atoms with E-state index in [1.165, 1.54) is 25.7 Å². The second-order valence-corrected chi connectivity index (χ2v) is 4.94. The van der Waals surface area contributed by atoms with Gasteiger partial charge in [-0.05, 0) is 12.8 Å². The van der Waals surface area contributed by atoms with Crippen molar-refractivity contribution in [3.63, 3.8) is 0 Å². The predicted octanol–water partition coefficient (Wildman–Crippen LogP) is 1.17. The molecule has 2 rings (SSSR count). The van der Waals surface area contributed by atoms with Crippen LogP contribution in [-0.4, -0.2) is 26.5 Å². The van der Waals surface area contributed by atoms with Crippen LogP contribution in [-0.2, 0) is 0 Å². The average Bonchev–Trinajstić information content (AvgIpc) is 2.77. The Bertz CT molecular complexity index is 253. The molecular weight excluding hydrogens is 184 g/mol. The highest BCUT2D eigenvalue weighted by Crippen LogP contribution is 2.43. The first-order valence-electron chi connectivity index (χ1n) is 4.59. The van der Waals surface area contributed by atoms with Gasteiger partial charge in [-0.25, -0.2) is 4.98 Å². The van der Waals surface area contributed by atoms with E-state index >= 15 is 0 Å². The number of nitrogens with zero attached hydrogens (tertiary/aromatic N) is 2. The van der Waals surface area contributed by atoms with E-state index < -0.39 is 0 Å². The Balaban J connectivity index is 2.06. The largest absolute Gasteiger partial charge is 0.329 e. The van der Waals surface area contributed by atoms with E-state index in [0.29, 0.717) is 0 Å². The number of aromatic amines is 1. The van der Waals surface area contributed by atoms with E-state index in [0.717, 1.165) is 11.7 Å². The summed E-state index contributed by atoms with van der Waals surface area (Å²) in [5.41, 5.74) is 5.80. The van der Waals surface area contributed by atoms with Gasteiger partial charge in [0.05, 0.1) is 0 Å². The minimum atomic E-state index is 0.222. The van der Waals surface area contributed by atoms with Crippen LogP contribution in [0.4, 0.5) is 0 Å². The normalized spacial score (nSPS) is 20.7. The fraction of sp³-hybridized carbons (Fsp3) is 0.750. The molecule has 0 bridgehead atoms. The van der Waals surface area contributed by atoms with Crippen molar-refractivity contribution in [1.29, 1.82) is 0 Å². The number of hydrogen-bond acceptors (Lipinski definition) is 4. The number of nitrogens with two attached hydrogens (primary N) is 1. The first-order chi connectivity index (χ1) is 6.35. The molecule has 1 heterocycles. The highest BCUT2D eigenvalue weighted by Gasteiger charge is 2.34. The smallest absolute Gasteiger partial charge is 0.183 e. The Labute approximate surface area is 81.7 Å². The van der Waals surface area contributed by atoms with Gasteiger partial charge in [-0.3, -0.25) is 5.10 Å². The van der Waals surface area contributed by atoms with Gasteiger partial charge in [-0.2, -0.15) is 5.10 Å². The molecule has 1 aromatic heterocycles. The molecule has 0 aromatic carbocycles. The van der Waals surface area contributed by atoms with Crippen molar-refractivity contribution >= 4 is 11.8 Å². The van der Waals surface area contributed by atoms with Crippen molar-refractivity contribution in [2.24, 2.45) is 5.73 Å². The first-order valence-corrected chi connectivity index (χ1v) is 5.41. The van der Waals surface area contributed by atoms with E-state index in [-0.39, 0.29) is 4.75 Å². The van der Waals surface area contributed by atoms with Crippen LogP contribution in [0.5, 0.6) is 0 Å². The molecule has 1 fully saturated rings. The summed E-state index contributed by atoms with van der Waals surface area (Å²) in [6.07, 6.45) is 6.53. The van der Waals surface area contributed by atoms with Crippen molar-refractivity contribution < 1.29 is 0 Å². The first kappa shape index (κ1) is 9.02. The maximum Gasteiger partial charge on any atom is 0.183 e. The van der Waals surface area contributed by atoms with Crippen LogP contribution >= 0.6 is 11.8 Å². The van der Waals surface area contributed by atoms with Gasteiger partial charge in [0.15, 0.2) is 5.16 Å². The molecule has 5 heteroatoms. The van der Waals surface area contributed by atoms with E-state index in [1.54, 1.807) is 18.1 Å². The van der Waals surface area contributed by atoms with Crippen LogP contribution in [0.3, 0.4) is 0 Å². The molecule has 3 N–H and O–H groups in total. The summed E-state index contributed by atoms with van der Waals surface area (Å²) < 4.78 is 0.222. The SMILES string of the molecule is NCC1(Sc2ncn[nH]2)CCCC1. The Morgan fingerprint density at radius 1 is 1.54 bits per heavy atom. The van der Waals surface area contributed by atoms with Crippen LogP contribution in [0, 0.1) is 0 Å². The average molecular weight is 198 g/mol. The number of H-pyrrole nitrogens is 1. The lowest BCUT2D eigenvalue weighted by Crippen LogP contribution is -2.30. The van der Waals surface area contributed by atoms with Gasteiger partial charge in [-0.1, -0.05) is 24.6 Å². The lowest BCUT2D eigenvalue weighted by Gasteiger charge is -2.24. The minimum absolute atomic E-state index is 0.222. The Hall–Kier alpha value is -0.550. The summed E-state index contributed by atoms with van der Waals surface area (Å²) in [5, 5.41) is 7.60. The highest BCUT2D eigenvalue weighted by atomic mass is 32.2. The molecule has 0 aliphatic heterocycles. The molecule has 0 radical (unpaired) electrons. The van der Waals surface area contributed by atoms with Crippen molar-refractivity contribution in [1.82, 2.24) is 15.2 Å². The monoisotopic (exact) mass is 198 g/mol. The Morgan fingerprint density at radius 2 is 2.31 bits per heavy atom. The molecule has 72 valence electrons. The summed E-state index contributed by atoms with van der Waals surface area (Å²) in [6.45, 7) is 0.734. The van der Waals surface area contributed by atoms with Gasteiger partial charge in [0.25, 0.3) is 0 Å². The molecule has 1 aromatic rings. The molecule has 1 aliphatic rings. The van der Waals surface area contributed by atoms with Crippen LogP contribution in [0.2, 0.25) is 0 Å². The predicted molar refractivity (Wildman–Crippen MR) is 52.5 cm³/mol. The maximum atomic E-state index is 5.80. The summed E-state index contributed by atoms with van der Waals surface area (Å²) >= 11 is 1.75. The molecule has 4 nitrogen and oxygen atoms in total. The van der Waals surface area contributed by atoms with Crippen LogP contribution < -0.4 is 5.73 Å². The molecule has 0 atom stereocenters. The number of nitrogens with one attached hydrogen (secondary N) is 1. The molecule has 0 amide bonds. The third-order valence-electron chi connectivity index (χ3n) is 2.59. The zero-order valence-electron chi connectivity index (χ0n) is 7.49. The van der Waals surface area contributed by atoms with Gasteiger partial charge in [0.1, 0.15) is 6.33 Å². The fourth-order valence-corrected chi connectivity index (χ4v) is 3.00. The molecular formula is C8H14N4S. The molecule has 0 saturated heterocycles. The number of aromatic nitrogens is 3. The van der Waals surface area contributed by atoms with E-state index in [2.05, 4.69) is 15.2 Å². The van der Waals surface area contributed by atoms with Crippen LogP contribution in [0.25, 0.3) is 0 Å². The lowest BCUT2D eigenvalue weighted by atomic mass is 10.1. The van der Waals surface area contributed by atoms with Crippen molar-refractivity contribution in [3.05, 3.63) is 6.33 Å². The fourth-order valence-electron chi connectivity index (χ4n) is 1.82. The number of hydrogen-bond donors (Lipinski definition) is 2. The van der Waals surface area contributed by atoms with Crippen LogP contribution in [0.15, 0.2) is 11.5 Å². The second-order valence-electron chi connectivity index (χ2n) is 3.49. The van der Waals surface area contributed by atoms with E-state index in [1.807, 2.05) is 0 Å². The topological polar surface area (TPSA) is 67.6 Å². The van der Waals surface area contributed by atoms with Gasteiger partial charge in [-0.15, -0.1) is 0 Å². The molecule has 0 unspecified atom stereocenters. The summed E-state index contributed by atoms with van der Waals surface area (Å²) in [4.78, 5) is 4.11. The highest BCUT2D eigenvalue weighted by molar-refractivity contribution is 8.00. The van der Waals surface area contributed by atoms with Crippen molar-refractivity contribution in [2.45, 2.75) is 35.6 Å². The molecule has 1 saturated carbocycles. The Kier molecular flexibility index (Phi) is 2.55. The van der Waals surface area contributed by atoms with Gasteiger partial charge in [0.2, 0.25) is 0 Å². The van der Waals surface area contributed by atoms with Crippen molar-refractivity contribution in [3.8, 4) is 0 Å². The zero-order chi connectivity index (χ0) is 9.15. The third kappa shape index (κ3) is 1.86. The molecule has 0 spiro atoms. The van der Waals surface area contributed by atoms with E-state index in [9.17, 15) is 0 Å². The number of thioether (sulfide) groups is 1. The zero-order valence-corrected chi connectivity index (χ0v) is 8.31. The number of rotatable bonds is 3. The standard InChI is InChI=1S/C8H14N4S/c9-5-8(3-1-2-4-8)13-7-10-6-11-12-7/h6H,1-5,9H2,(H,10,11,12). The maximum absolute atomic E-state index is 5.80. The Morgan fingerprint density at radius 3 is 2.85 bits per heavy atom. The van der Waals surface area contributed by atoms with Gasteiger partial charge < -0.3 is 5.73 Å². The van der Waals surface area contributed by atoms with Crippen LogP contribution in [0.1, 0.15) is 25.7 Å². The van der Waals surface area contributed by atoms with Crippen molar-refractivity contribution in [2.75, 3.05) is 6.54 Å². The summed E-state index contributed by atoms with van der Waals surface area (Å²) in [5.74, 6) is 0. The van der Waals surface area contributed by atoms with Gasteiger partial charge >= 0.3 is 0 Å². The molecule has 1 aliphatic carbocycles. The quantitative estimate of drug-likeness (QED) is 0.765. The van der Waals surface area contributed by atoms with Gasteiger partial charge in [0, 0.05) is 11.3 Å². The minimum Gasteiger partial charge on any atom is -0.329 e. The molecule has 13 heavy (non-hydrogen) atoms. The van der Waals surface area contributed by atoms with E-state index in [4.69, 9.17) is 5.73 Å². The third-order valence-corrected chi connectivity index (χ3v) is 3.99. The second kappa shape index (κ2) is 3.67.